The molecule has 0 heterocycles. The molecule has 96 valence electrons. The number of nitro groups is 1. The summed E-state index contributed by atoms with van der Waals surface area (Å²) in [5.41, 5.74) is 0.337. The zero-order chi connectivity index (χ0) is 13.5. The van der Waals surface area contributed by atoms with Crippen molar-refractivity contribution in [3.8, 4) is 0 Å². The SMILES string of the molecule is CCOC(=O)C(=C[N+](=O)[O-])Nc1ccc(Br)cc1. The van der Waals surface area contributed by atoms with Gasteiger partial charge in [-0.1, -0.05) is 15.9 Å². The number of rotatable bonds is 5. The molecule has 6 nitrogen and oxygen atoms in total. The molecule has 0 aliphatic rings. The summed E-state index contributed by atoms with van der Waals surface area (Å²) in [5, 5.41) is 13.1. The standard InChI is InChI=1S/C11H11BrN2O4/c1-2-18-11(15)10(7-14(16)17)13-9-5-3-8(12)4-6-9/h3-7,13H,2H2,1H3. The topological polar surface area (TPSA) is 81.5 Å². The summed E-state index contributed by atoms with van der Waals surface area (Å²) in [4.78, 5) is 21.2. The van der Waals surface area contributed by atoms with Crippen molar-refractivity contribution in [2.45, 2.75) is 6.92 Å². The van der Waals surface area contributed by atoms with E-state index in [4.69, 9.17) is 4.74 Å². The van der Waals surface area contributed by atoms with Crippen LogP contribution in [-0.4, -0.2) is 17.5 Å². The Kier molecular flexibility index (Phi) is 5.31. The Morgan fingerprint density at radius 1 is 1.50 bits per heavy atom. The monoisotopic (exact) mass is 314 g/mol. The third-order valence-electron chi connectivity index (χ3n) is 1.85. The Balaban J connectivity index is 2.88. The highest BCUT2D eigenvalue weighted by Crippen LogP contribution is 2.16. The van der Waals surface area contributed by atoms with Gasteiger partial charge in [-0.25, -0.2) is 4.79 Å². The van der Waals surface area contributed by atoms with Crippen LogP contribution in [-0.2, 0) is 9.53 Å². The van der Waals surface area contributed by atoms with Gasteiger partial charge in [-0.15, -0.1) is 0 Å². The number of carbonyl (C=O) groups is 1. The number of anilines is 1. The van der Waals surface area contributed by atoms with Gasteiger partial charge in [-0.3, -0.25) is 10.1 Å². The van der Waals surface area contributed by atoms with E-state index in [1.807, 2.05) is 0 Å². The van der Waals surface area contributed by atoms with Gasteiger partial charge >= 0.3 is 5.97 Å². The van der Waals surface area contributed by atoms with Gasteiger partial charge in [0.1, 0.15) is 0 Å². The Hall–Kier alpha value is -1.89. The number of ether oxygens (including phenoxy) is 1. The molecule has 1 N–H and O–H groups in total. The summed E-state index contributed by atoms with van der Waals surface area (Å²) in [5.74, 6) is -0.767. The van der Waals surface area contributed by atoms with Gasteiger partial charge in [0, 0.05) is 10.2 Å². The minimum Gasteiger partial charge on any atom is -0.461 e. The Morgan fingerprint density at radius 2 is 2.11 bits per heavy atom. The highest BCUT2D eigenvalue weighted by molar-refractivity contribution is 9.10. The molecule has 0 bridgehead atoms. The molecule has 0 spiro atoms. The number of nitrogens with zero attached hydrogens (tertiary/aromatic N) is 1. The molecule has 1 aromatic rings. The third-order valence-corrected chi connectivity index (χ3v) is 2.38. The van der Waals surface area contributed by atoms with Crippen LogP contribution in [0.1, 0.15) is 6.92 Å². The van der Waals surface area contributed by atoms with Crippen LogP contribution < -0.4 is 5.32 Å². The molecule has 18 heavy (non-hydrogen) atoms. The lowest BCUT2D eigenvalue weighted by Gasteiger charge is -2.07. The minimum atomic E-state index is -0.767. The first-order valence-corrected chi connectivity index (χ1v) is 5.87. The molecule has 0 aliphatic heterocycles. The van der Waals surface area contributed by atoms with E-state index in [1.54, 1.807) is 31.2 Å². The van der Waals surface area contributed by atoms with Crippen molar-refractivity contribution >= 4 is 27.6 Å². The summed E-state index contributed by atoms with van der Waals surface area (Å²) in [6.07, 6.45) is 0.583. The Morgan fingerprint density at radius 3 is 2.61 bits per heavy atom. The number of hydrogen-bond donors (Lipinski definition) is 1. The molecule has 0 saturated carbocycles. The predicted octanol–water partition coefficient (Wildman–Crippen LogP) is 2.54. The molecule has 1 rings (SSSR count). The van der Waals surface area contributed by atoms with E-state index in [0.29, 0.717) is 11.9 Å². The summed E-state index contributed by atoms with van der Waals surface area (Å²) in [7, 11) is 0. The number of nitrogens with one attached hydrogen (secondary N) is 1. The lowest BCUT2D eigenvalue weighted by molar-refractivity contribution is -0.403. The Bertz CT molecular complexity index is 470. The lowest BCUT2D eigenvalue weighted by Crippen LogP contribution is -2.16. The number of halogens is 1. The summed E-state index contributed by atoms with van der Waals surface area (Å²) in [6.45, 7) is 1.78. The largest absolute Gasteiger partial charge is 0.461 e. The second kappa shape index (κ2) is 6.75. The van der Waals surface area contributed by atoms with Gasteiger partial charge in [0.05, 0.1) is 11.5 Å². The zero-order valence-corrected chi connectivity index (χ0v) is 11.1. The van der Waals surface area contributed by atoms with Crippen LogP contribution in [0, 0.1) is 10.1 Å². The van der Waals surface area contributed by atoms with Crippen LogP contribution in [0.2, 0.25) is 0 Å². The van der Waals surface area contributed by atoms with Crippen molar-refractivity contribution in [3.63, 3.8) is 0 Å². The molecule has 7 heteroatoms. The van der Waals surface area contributed by atoms with Gasteiger partial charge in [0.15, 0.2) is 5.70 Å². The fourth-order valence-electron chi connectivity index (χ4n) is 1.14. The molecule has 0 atom stereocenters. The molecular formula is C11H11BrN2O4. The first-order valence-electron chi connectivity index (χ1n) is 5.08. The van der Waals surface area contributed by atoms with Crippen LogP contribution in [0.15, 0.2) is 40.6 Å². The smallest absolute Gasteiger partial charge is 0.361 e. The quantitative estimate of drug-likeness (QED) is 0.391. The lowest BCUT2D eigenvalue weighted by atomic mass is 10.3. The number of benzene rings is 1. The fraction of sp³-hybridized carbons (Fsp3) is 0.182. The van der Waals surface area contributed by atoms with Gasteiger partial charge < -0.3 is 10.1 Å². The summed E-state index contributed by atoms with van der Waals surface area (Å²) in [6, 6.07) is 6.85. The Labute approximate surface area is 112 Å². The van der Waals surface area contributed by atoms with E-state index < -0.39 is 10.9 Å². The van der Waals surface area contributed by atoms with Crippen molar-refractivity contribution in [3.05, 3.63) is 50.7 Å². The molecule has 0 saturated heterocycles. The van der Waals surface area contributed by atoms with Crippen LogP contribution >= 0.6 is 15.9 Å². The third kappa shape index (κ3) is 4.54. The minimum absolute atomic E-state index is 0.149. The second-order valence-corrected chi connectivity index (χ2v) is 4.10. The molecule has 0 unspecified atom stereocenters. The van der Waals surface area contributed by atoms with E-state index in [2.05, 4.69) is 21.2 Å². The van der Waals surface area contributed by atoms with E-state index in [-0.39, 0.29) is 12.3 Å². The van der Waals surface area contributed by atoms with Crippen LogP contribution in [0.4, 0.5) is 5.69 Å². The summed E-state index contributed by atoms with van der Waals surface area (Å²) < 4.78 is 5.58. The maximum absolute atomic E-state index is 11.5. The van der Waals surface area contributed by atoms with E-state index in [1.165, 1.54) is 0 Å². The molecule has 1 aromatic carbocycles. The van der Waals surface area contributed by atoms with Crippen molar-refractivity contribution in [2.24, 2.45) is 0 Å². The van der Waals surface area contributed by atoms with Crippen molar-refractivity contribution in [2.75, 3.05) is 11.9 Å². The number of carbonyl (C=O) groups excluding carboxylic acids is 1. The van der Waals surface area contributed by atoms with Crippen LogP contribution in [0.5, 0.6) is 0 Å². The molecule has 0 aromatic heterocycles. The van der Waals surface area contributed by atoms with Crippen molar-refractivity contribution in [1.29, 1.82) is 0 Å². The van der Waals surface area contributed by atoms with Crippen molar-refractivity contribution < 1.29 is 14.5 Å². The molecule has 0 aliphatic carbocycles. The van der Waals surface area contributed by atoms with Gasteiger partial charge in [-0.2, -0.15) is 0 Å². The molecular weight excluding hydrogens is 304 g/mol. The average Bonchev–Trinajstić information content (AvgIpc) is 2.31. The molecule has 0 radical (unpaired) electrons. The number of hydrogen-bond acceptors (Lipinski definition) is 5. The van der Waals surface area contributed by atoms with Crippen molar-refractivity contribution in [1.82, 2.24) is 0 Å². The summed E-state index contributed by atoms with van der Waals surface area (Å²) >= 11 is 3.26. The fourth-order valence-corrected chi connectivity index (χ4v) is 1.40. The number of esters is 1. The first-order chi connectivity index (χ1) is 8.52. The normalized spacial score (nSPS) is 10.9. The maximum atomic E-state index is 11.5. The van der Waals surface area contributed by atoms with E-state index in [9.17, 15) is 14.9 Å². The van der Waals surface area contributed by atoms with E-state index >= 15 is 0 Å². The van der Waals surface area contributed by atoms with E-state index in [0.717, 1.165) is 4.47 Å². The van der Waals surface area contributed by atoms with Gasteiger partial charge in [0.25, 0.3) is 6.20 Å². The van der Waals surface area contributed by atoms with Crippen LogP contribution in [0.25, 0.3) is 0 Å². The molecule has 0 fully saturated rings. The van der Waals surface area contributed by atoms with Gasteiger partial charge in [-0.05, 0) is 31.2 Å². The van der Waals surface area contributed by atoms with Crippen LogP contribution in [0.3, 0.4) is 0 Å². The maximum Gasteiger partial charge on any atom is 0.361 e. The zero-order valence-electron chi connectivity index (χ0n) is 9.55. The van der Waals surface area contributed by atoms with Gasteiger partial charge in [0.2, 0.25) is 0 Å². The predicted molar refractivity (Wildman–Crippen MR) is 69.5 cm³/mol. The first kappa shape index (κ1) is 14.2. The average molecular weight is 315 g/mol. The second-order valence-electron chi connectivity index (χ2n) is 3.18. The molecule has 0 amide bonds. The highest BCUT2D eigenvalue weighted by atomic mass is 79.9. The highest BCUT2D eigenvalue weighted by Gasteiger charge is 2.15.